The van der Waals surface area contributed by atoms with E-state index in [0.717, 1.165) is 80.6 Å². The van der Waals surface area contributed by atoms with E-state index in [9.17, 15) is 55.2 Å². The number of hydrogen-bond acceptors (Lipinski definition) is 27. The predicted molar refractivity (Wildman–Crippen MR) is 438 cm³/mol. The standard InChI is InChI=1S/C85H104ClN13O23/c1-7-89-17-19-117-48-12-16-59(118-20-18-90-8-2)52(34-48)92-85(116)93-63(103)35-54-78(110)95-67-46-30-60(119-57-14-10-42(22-38(57)5)71(104)69(82(114)91-54)98-77(109)53(88-6)21-37(3)4)76(122-84-75(108)74(107)73(106)62(36-87)121-84)61(31-46)120-58-15-11-43(29-51(58)86)72(105)70-83(115)97-68(81(113)94-65-44-24-39-23-40(26-44)27-45(65)25-39)50-32-47(100)33-56(102)64(50)49-28-41(9-13-55(49)101)66(79(111)99-70)96-80(67)112/h9-16,22,28-34,37,39-40,44-45,53-54,62,65-75,84,88-90,100-102,104-108H,7-8,17-21,23-27,35-36,87H2,1-6H3,(H,91,114)(H,94,113)(H,95,110)(H,96,112)(H,97,115)(H,98,109)(H,99,111)(H2,92,93,103,116)/t39?,40?,44?,45?,53-,54+,62-,65?,66-,67-,68+,69-,70+,71-,72-,73-,74+,75-,84+/m1/s1. The number of phenolic OH excluding ortho intramolecular Hbond substituents is 3. The lowest BCUT2D eigenvalue weighted by molar-refractivity contribution is -0.270. The first-order valence-electron chi connectivity index (χ1n) is 40.9. The van der Waals surface area contributed by atoms with E-state index in [-0.39, 0.29) is 116 Å². The summed E-state index contributed by atoms with van der Waals surface area (Å²) >= 11 is 7.22. The van der Waals surface area contributed by atoms with Gasteiger partial charge in [-0.25, -0.2) is 4.79 Å². The third-order valence-electron chi connectivity index (χ3n) is 23.3. The topological polar surface area (TPSA) is 541 Å². The molecule has 654 valence electrons. The number of anilines is 1. The molecule has 5 fully saturated rings. The van der Waals surface area contributed by atoms with Crippen LogP contribution in [0.4, 0.5) is 10.5 Å². The maximum atomic E-state index is 16.6. The summed E-state index contributed by atoms with van der Waals surface area (Å²) in [4.78, 5) is 139. The molecule has 6 aliphatic heterocycles. The quantitative estimate of drug-likeness (QED) is 0.0410. The molecule has 37 heteroatoms. The van der Waals surface area contributed by atoms with Crippen LogP contribution in [0.25, 0.3) is 11.1 Å². The minimum Gasteiger partial charge on any atom is -0.508 e. The number of urea groups is 1. The van der Waals surface area contributed by atoms with Crippen molar-refractivity contribution in [3.05, 3.63) is 135 Å². The molecule has 6 aromatic rings. The van der Waals surface area contributed by atoms with Crippen molar-refractivity contribution in [2.75, 3.05) is 58.3 Å². The number of phenols is 3. The highest BCUT2D eigenvalue weighted by molar-refractivity contribution is 6.32. The fraction of sp³-hybridized carbons (Fsp3) is 0.471. The van der Waals surface area contributed by atoms with Gasteiger partial charge >= 0.3 is 6.03 Å². The lowest BCUT2D eigenvalue weighted by Gasteiger charge is -2.54. The number of carbonyl (C=O) groups is 9. The lowest BCUT2D eigenvalue weighted by atomic mass is 9.54. The van der Waals surface area contributed by atoms with Gasteiger partial charge < -0.3 is 133 Å². The summed E-state index contributed by atoms with van der Waals surface area (Å²) in [5.74, 6) is -12.5. The van der Waals surface area contributed by atoms with Crippen LogP contribution in [0.5, 0.6) is 57.5 Å². The first-order valence-corrected chi connectivity index (χ1v) is 41.2. The van der Waals surface area contributed by atoms with Crippen molar-refractivity contribution in [3.8, 4) is 68.6 Å². The van der Waals surface area contributed by atoms with Gasteiger partial charge in [0.1, 0.15) is 126 Å². The number of carbonyl (C=O) groups excluding carboxylic acids is 9. The number of hydrogen-bond donors (Lipinski definition) is 21. The highest BCUT2D eigenvalue weighted by Gasteiger charge is 2.51. The maximum absolute atomic E-state index is 16.6. The molecular formula is C85H104ClN13O23. The molecule has 22 N–H and O–H groups in total. The zero-order chi connectivity index (χ0) is 87.2. The van der Waals surface area contributed by atoms with Crippen LogP contribution in [0.2, 0.25) is 5.02 Å². The molecular weight excluding hydrogens is 1610 g/mol. The van der Waals surface area contributed by atoms with E-state index in [1.54, 1.807) is 6.07 Å². The Morgan fingerprint density at radius 2 is 1.27 bits per heavy atom. The van der Waals surface area contributed by atoms with E-state index < -0.39 is 192 Å². The largest absolute Gasteiger partial charge is 0.508 e. The van der Waals surface area contributed by atoms with Crippen molar-refractivity contribution in [3.63, 3.8) is 0 Å². The lowest BCUT2D eigenvalue weighted by Crippen LogP contribution is -2.60. The number of benzene rings is 6. The minimum absolute atomic E-state index is 0.0146. The normalized spacial score (nSPS) is 26.9. The van der Waals surface area contributed by atoms with Crippen LogP contribution in [0.1, 0.15) is 136 Å². The van der Waals surface area contributed by atoms with Crippen LogP contribution >= 0.6 is 11.6 Å². The van der Waals surface area contributed by atoms with E-state index in [1.165, 1.54) is 56.4 Å². The number of amides is 10. The molecule has 36 nitrogen and oxygen atoms in total. The smallest absolute Gasteiger partial charge is 0.325 e. The Morgan fingerprint density at radius 1 is 0.631 bits per heavy atom. The van der Waals surface area contributed by atoms with Gasteiger partial charge in [-0.05, 0) is 195 Å². The number of fused-ring (bicyclic) bond motifs is 15. The first kappa shape index (κ1) is 88.6. The molecule has 0 unspecified atom stereocenters. The molecule has 10 amide bonds. The number of ether oxygens (including phenoxy) is 6. The van der Waals surface area contributed by atoms with Crippen LogP contribution in [0.15, 0.2) is 97.1 Å². The number of aliphatic hydroxyl groups is 5. The second-order valence-electron chi connectivity index (χ2n) is 32.3. The highest BCUT2D eigenvalue weighted by Crippen LogP contribution is 2.55. The molecule has 1 saturated heterocycles. The van der Waals surface area contributed by atoms with Crippen molar-refractivity contribution < 1.29 is 112 Å². The molecule has 0 spiro atoms. The number of likely N-dealkylation sites (N-methyl/N-ethyl adjacent to an activating group) is 3. The summed E-state index contributed by atoms with van der Waals surface area (Å²) in [7, 11) is 1.49. The number of rotatable bonds is 23. The van der Waals surface area contributed by atoms with Gasteiger partial charge in [0.15, 0.2) is 11.5 Å². The van der Waals surface area contributed by atoms with Crippen molar-refractivity contribution in [1.29, 1.82) is 0 Å². The maximum Gasteiger partial charge on any atom is 0.325 e. The average Bonchev–Trinajstić information content (AvgIpc) is 0.748. The number of halogens is 1. The SMILES string of the molecule is CCNCCOc1ccc(OCCNCC)c(NC(=O)NC(=O)C[C@@H]2NC(=O)[C@H](NC(=O)[C@@H](CC(C)C)NC)[C@H](O)c3ccc(c(C)c3)Oc3cc4cc(c3O[C@@H]3O[C@H](CN)[C@@H](O)[C@H](O)[C@H]3O)Oc3ccc(cc3Cl)[C@@H](O)[C@@H]3NC(=O)[C@H](NC(=O)[C@@H]4NC2=O)c2ccc(O)c(c2)-c2c(O)cc(O)cc2[C@@H](C(=O)NC2C4CC5CC(C4)CC2C5)NC3=O)c1. The van der Waals surface area contributed by atoms with Gasteiger partial charge in [-0.3, -0.25) is 43.7 Å². The number of nitrogens with two attached hydrogens (primary N) is 1. The summed E-state index contributed by atoms with van der Waals surface area (Å²) in [5.41, 5.74) is 4.24. The third kappa shape index (κ3) is 19.8. The zero-order valence-corrected chi connectivity index (χ0v) is 68.6. The van der Waals surface area contributed by atoms with Crippen molar-refractivity contribution in [2.24, 2.45) is 35.3 Å². The molecule has 0 radical (unpaired) electrons. The summed E-state index contributed by atoms with van der Waals surface area (Å²) < 4.78 is 37.9. The summed E-state index contributed by atoms with van der Waals surface area (Å²) in [6.07, 6.45) is -10.1. The molecule has 6 heterocycles. The Labute approximate surface area is 706 Å². The van der Waals surface area contributed by atoms with Gasteiger partial charge in [0, 0.05) is 48.9 Å². The van der Waals surface area contributed by atoms with E-state index in [1.807, 2.05) is 27.7 Å². The van der Waals surface area contributed by atoms with E-state index in [2.05, 4.69) is 63.8 Å². The molecule has 15 bridgehead atoms. The number of aliphatic hydroxyl groups excluding tert-OH is 5. The number of imide groups is 1. The van der Waals surface area contributed by atoms with Crippen LogP contribution < -0.4 is 93.2 Å². The summed E-state index contributed by atoms with van der Waals surface area (Å²) in [6, 6.07) is 4.11. The Hall–Kier alpha value is -11.2. The summed E-state index contributed by atoms with van der Waals surface area (Å²) in [5, 5.41) is 128. The van der Waals surface area contributed by atoms with E-state index in [0.29, 0.717) is 38.0 Å². The van der Waals surface area contributed by atoms with Gasteiger partial charge in [0.2, 0.25) is 59.3 Å². The molecule has 16 rings (SSSR count). The zero-order valence-electron chi connectivity index (χ0n) is 67.8. The van der Waals surface area contributed by atoms with Gasteiger partial charge in [-0.1, -0.05) is 57.5 Å². The molecule has 14 atom stereocenters. The van der Waals surface area contributed by atoms with Gasteiger partial charge in [-0.2, -0.15) is 0 Å². The van der Waals surface area contributed by atoms with Crippen molar-refractivity contribution in [1.82, 2.24) is 58.5 Å². The minimum atomic E-state index is -2.37. The molecule has 122 heavy (non-hydrogen) atoms. The van der Waals surface area contributed by atoms with Crippen molar-refractivity contribution >= 4 is 70.6 Å². The second kappa shape index (κ2) is 38.5. The highest BCUT2D eigenvalue weighted by atomic mass is 35.5. The number of aryl methyl sites for hydroxylation is 1. The molecule has 6 aromatic carbocycles. The van der Waals surface area contributed by atoms with Gasteiger partial charge in [0.05, 0.1) is 23.2 Å². The van der Waals surface area contributed by atoms with E-state index in [4.69, 9.17) is 45.8 Å². The molecule has 4 aliphatic carbocycles. The van der Waals surface area contributed by atoms with Gasteiger partial charge in [-0.15, -0.1) is 0 Å². The Kier molecular flexibility index (Phi) is 28.0. The Bertz CT molecular complexity index is 4910. The average molecular weight is 1710 g/mol. The molecule has 4 saturated carbocycles. The monoisotopic (exact) mass is 1710 g/mol. The van der Waals surface area contributed by atoms with Crippen LogP contribution in [-0.2, 0) is 43.1 Å². The fourth-order valence-electron chi connectivity index (χ4n) is 17.3. The predicted octanol–water partition coefficient (Wildman–Crippen LogP) is 3.19. The fourth-order valence-corrected chi connectivity index (χ4v) is 17.6. The van der Waals surface area contributed by atoms with E-state index >= 15 is 28.8 Å². The van der Waals surface area contributed by atoms with Crippen molar-refractivity contribution in [2.45, 2.75) is 171 Å². The first-order chi connectivity index (χ1) is 58.4. The van der Waals surface area contributed by atoms with Crippen LogP contribution in [0, 0.1) is 36.5 Å². The molecule has 10 aliphatic rings. The third-order valence-corrected chi connectivity index (χ3v) is 23.6. The number of aromatic hydroxyl groups is 3. The number of nitrogens with one attached hydrogen (secondary N) is 12. The Morgan fingerprint density at radius 3 is 1.93 bits per heavy atom. The second-order valence-corrected chi connectivity index (χ2v) is 32.7. The Balaban J connectivity index is 0.980. The van der Waals surface area contributed by atoms with Crippen LogP contribution in [-0.4, -0.2) is 208 Å². The molecule has 0 aromatic heterocycles. The van der Waals surface area contributed by atoms with Crippen LogP contribution in [0.3, 0.4) is 0 Å². The van der Waals surface area contributed by atoms with Gasteiger partial charge in [0.25, 0.3) is 0 Å². The summed E-state index contributed by atoms with van der Waals surface area (Å²) in [6.45, 7) is 11.0.